The van der Waals surface area contributed by atoms with Crippen LogP contribution in [0.1, 0.15) is 40.7 Å². The summed E-state index contributed by atoms with van der Waals surface area (Å²) in [5.74, 6) is 0.652. The van der Waals surface area contributed by atoms with E-state index in [9.17, 15) is 4.79 Å². The summed E-state index contributed by atoms with van der Waals surface area (Å²) in [7, 11) is 0. The summed E-state index contributed by atoms with van der Waals surface area (Å²) in [6, 6.07) is 11.6. The van der Waals surface area contributed by atoms with Crippen molar-refractivity contribution in [1.82, 2.24) is 15.3 Å². The second-order valence-corrected chi connectivity index (χ2v) is 6.69. The van der Waals surface area contributed by atoms with Crippen molar-refractivity contribution in [3.8, 4) is 0 Å². The van der Waals surface area contributed by atoms with Gasteiger partial charge in [-0.05, 0) is 61.1 Å². The van der Waals surface area contributed by atoms with Gasteiger partial charge >= 0.3 is 0 Å². The predicted octanol–water partition coefficient (Wildman–Crippen LogP) is 3.62. The van der Waals surface area contributed by atoms with Crippen LogP contribution in [0.25, 0.3) is 10.9 Å². The number of amides is 1. The second-order valence-electron chi connectivity index (χ2n) is 6.69. The van der Waals surface area contributed by atoms with Crippen LogP contribution < -0.4 is 5.32 Å². The maximum Gasteiger partial charge on any atom is 0.251 e. The zero-order valence-electron chi connectivity index (χ0n) is 13.8. The number of aromatic nitrogens is 2. The molecule has 0 fully saturated rings. The molecule has 4 nitrogen and oxygen atoms in total. The second kappa shape index (κ2) is 6.11. The molecule has 24 heavy (non-hydrogen) atoms. The molecule has 1 aliphatic carbocycles. The maximum absolute atomic E-state index is 12.5. The predicted molar refractivity (Wildman–Crippen MR) is 94.9 cm³/mol. The number of H-pyrrole nitrogens is 1. The van der Waals surface area contributed by atoms with Crippen LogP contribution in [0.2, 0.25) is 0 Å². The zero-order chi connectivity index (χ0) is 16.5. The monoisotopic (exact) mass is 319 g/mol. The van der Waals surface area contributed by atoms with Crippen LogP contribution in [-0.2, 0) is 19.4 Å². The van der Waals surface area contributed by atoms with Gasteiger partial charge in [0.2, 0.25) is 0 Å². The standard InChI is InChI=1S/C20H21N3O/c1-13-5-7-18-16(10-13)17-11-14(6-8-19(17)23-18)20(24)22-12-15-4-2-3-9-21-15/h2-4,6,8-9,11,13,23H,5,7,10,12H2,1H3,(H,22,24). The Morgan fingerprint density at radius 1 is 1.33 bits per heavy atom. The molecule has 4 rings (SSSR count). The lowest BCUT2D eigenvalue weighted by Gasteiger charge is -2.18. The fourth-order valence-electron chi connectivity index (χ4n) is 3.51. The van der Waals surface area contributed by atoms with Gasteiger partial charge < -0.3 is 10.3 Å². The van der Waals surface area contributed by atoms with E-state index in [1.165, 1.54) is 23.1 Å². The van der Waals surface area contributed by atoms with Crippen LogP contribution in [0, 0.1) is 5.92 Å². The van der Waals surface area contributed by atoms with E-state index in [4.69, 9.17) is 0 Å². The summed E-state index contributed by atoms with van der Waals surface area (Å²) < 4.78 is 0. The number of aryl methyl sites for hydroxylation is 1. The molecular weight excluding hydrogens is 298 g/mol. The minimum Gasteiger partial charge on any atom is -0.358 e. The summed E-state index contributed by atoms with van der Waals surface area (Å²) in [4.78, 5) is 20.2. The highest BCUT2D eigenvalue weighted by atomic mass is 16.1. The molecule has 1 aromatic carbocycles. The Balaban J connectivity index is 1.58. The van der Waals surface area contributed by atoms with Gasteiger partial charge in [-0.2, -0.15) is 0 Å². The first-order chi connectivity index (χ1) is 11.7. The lowest BCUT2D eigenvalue weighted by molar-refractivity contribution is 0.0950. The van der Waals surface area contributed by atoms with Crippen molar-refractivity contribution in [2.75, 3.05) is 0 Å². The van der Waals surface area contributed by atoms with Gasteiger partial charge in [0.25, 0.3) is 5.91 Å². The van der Waals surface area contributed by atoms with E-state index in [-0.39, 0.29) is 5.91 Å². The van der Waals surface area contributed by atoms with E-state index in [0.717, 1.165) is 24.1 Å². The molecule has 1 amide bonds. The lowest BCUT2D eigenvalue weighted by atomic mass is 9.87. The van der Waals surface area contributed by atoms with E-state index in [1.807, 2.05) is 36.4 Å². The Morgan fingerprint density at radius 3 is 3.08 bits per heavy atom. The minimum absolute atomic E-state index is 0.0543. The SMILES string of the molecule is CC1CCc2[nH]c3ccc(C(=O)NCc4ccccn4)cc3c2C1. The summed E-state index contributed by atoms with van der Waals surface area (Å²) >= 11 is 0. The fraction of sp³-hybridized carbons (Fsp3) is 0.300. The minimum atomic E-state index is -0.0543. The van der Waals surface area contributed by atoms with Crippen molar-refractivity contribution < 1.29 is 4.79 Å². The highest BCUT2D eigenvalue weighted by Gasteiger charge is 2.20. The molecule has 3 aromatic rings. The Bertz CT molecular complexity index is 883. The first-order valence-corrected chi connectivity index (χ1v) is 8.52. The van der Waals surface area contributed by atoms with E-state index in [1.54, 1.807) is 6.20 Å². The van der Waals surface area contributed by atoms with Crippen LogP contribution in [0.3, 0.4) is 0 Å². The number of fused-ring (bicyclic) bond motifs is 3. The third kappa shape index (κ3) is 2.80. The van der Waals surface area contributed by atoms with E-state index < -0.39 is 0 Å². The largest absolute Gasteiger partial charge is 0.358 e. The van der Waals surface area contributed by atoms with Crippen molar-refractivity contribution in [2.45, 2.75) is 32.7 Å². The van der Waals surface area contributed by atoms with Crippen molar-refractivity contribution in [2.24, 2.45) is 5.92 Å². The van der Waals surface area contributed by atoms with Gasteiger partial charge in [-0.15, -0.1) is 0 Å². The number of nitrogens with one attached hydrogen (secondary N) is 2. The molecule has 0 saturated carbocycles. The Hall–Kier alpha value is -2.62. The number of hydrogen-bond donors (Lipinski definition) is 2. The van der Waals surface area contributed by atoms with Gasteiger partial charge in [0.1, 0.15) is 0 Å². The average molecular weight is 319 g/mol. The molecule has 2 aromatic heterocycles. The van der Waals surface area contributed by atoms with Crippen molar-refractivity contribution >= 4 is 16.8 Å². The maximum atomic E-state index is 12.5. The highest BCUT2D eigenvalue weighted by molar-refractivity contribution is 5.99. The van der Waals surface area contributed by atoms with Crippen LogP contribution in [0.5, 0.6) is 0 Å². The molecule has 0 bridgehead atoms. The number of aromatic amines is 1. The van der Waals surface area contributed by atoms with Gasteiger partial charge in [0, 0.05) is 28.4 Å². The van der Waals surface area contributed by atoms with Gasteiger partial charge in [-0.25, -0.2) is 0 Å². The summed E-state index contributed by atoms with van der Waals surface area (Å²) in [5, 5.41) is 4.15. The van der Waals surface area contributed by atoms with Crippen molar-refractivity contribution in [3.05, 3.63) is 65.1 Å². The molecule has 2 heterocycles. The van der Waals surface area contributed by atoms with Gasteiger partial charge in [-0.1, -0.05) is 13.0 Å². The molecule has 2 N–H and O–H groups in total. The first kappa shape index (κ1) is 14.9. The number of rotatable bonds is 3. The van der Waals surface area contributed by atoms with Gasteiger partial charge in [0.05, 0.1) is 12.2 Å². The molecular formula is C20H21N3O. The first-order valence-electron chi connectivity index (χ1n) is 8.52. The quantitative estimate of drug-likeness (QED) is 0.774. The van der Waals surface area contributed by atoms with Crippen LogP contribution in [-0.4, -0.2) is 15.9 Å². The van der Waals surface area contributed by atoms with E-state index >= 15 is 0 Å². The normalized spacial score (nSPS) is 16.8. The number of nitrogens with zero attached hydrogens (tertiary/aromatic N) is 1. The van der Waals surface area contributed by atoms with Gasteiger partial charge in [0.15, 0.2) is 0 Å². The summed E-state index contributed by atoms with van der Waals surface area (Å²) in [6.45, 7) is 2.74. The smallest absolute Gasteiger partial charge is 0.251 e. The average Bonchev–Trinajstić information content (AvgIpc) is 2.97. The summed E-state index contributed by atoms with van der Waals surface area (Å²) in [6.07, 6.45) is 5.17. The number of carbonyl (C=O) groups excluding carboxylic acids is 1. The Labute approximate surface area is 141 Å². The van der Waals surface area contributed by atoms with E-state index in [0.29, 0.717) is 18.0 Å². The van der Waals surface area contributed by atoms with Crippen molar-refractivity contribution in [3.63, 3.8) is 0 Å². The molecule has 122 valence electrons. The Kier molecular flexibility index (Phi) is 3.81. The van der Waals surface area contributed by atoms with E-state index in [2.05, 4.69) is 22.2 Å². The number of carbonyl (C=O) groups is 1. The lowest BCUT2D eigenvalue weighted by Crippen LogP contribution is -2.23. The van der Waals surface area contributed by atoms with Crippen molar-refractivity contribution in [1.29, 1.82) is 0 Å². The third-order valence-electron chi connectivity index (χ3n) is 4.85. The number of hydrogen-bond acceptors (Lipinski definition) is 2. The molecule has 1 unspecified atom stereocenters. The molecule has 0 radical (unpaired) electrons. The number of benzene rings is 1. The number of pyridine rings is 1. The highest BCUT2D eigenvalue weighted by Crippen LogP contribution is 2.32. The molecule has 0 saturated heterocycles. The van der Waals surface area contributed by atoms with Gasteiger partial charge in [-0.3, -0.25) is 9.78 Å². The van der Waals surface area contributed by atoms with Crippen LogP contribution in [0.15, 0.2) is 42.6 Å². The molecule has 0 spiro atoms. The third-order valence-corrected chi connectivity index (χ3v) is 4.85. The molecule has 0 aliphatic heterocycles. The molecule has 4 heteroatoms. The fourth-order valence-corrected chi connectivity index (χ4v) is 3.51. The molecule has 1 aliphatic rings. The zero-order valence-corrected chi connectivity index (χ0v) is 13.8. The topological polar surface area (TPSA) is 57.8 Å². The van der Waals surface area contributed by atoms with Crippen LogP contribution >= 0.6 is 0 Å². The summed E-state index contributed by atoms with van der Waals surface area (Å²) in [5.41, 5.74) is 5.44. The van der Waals surface area contributed by atoms with Crippen LogP contribution in [0.4, 0.5) is 0 Å². The Morgan fingerprint density at radius 2 is 2.25 bits per heavy atom. The molecule has 1 atom stereocenters.